The van der Waals surface area contributed by atoms with Gasteiger partial charge in [-0.05, 0) is 49.9 Å². The van der Waals surface area contributed by atoms with Gasteiger partial charge in [0.15, 0.2) is 15.6 Å². The highest BCUT2D eigenvalue weighted by molar-refractivity contribution is 8.00. The molecule has 0 atom stereocenters. The molecule has 1 amide bonds. The van der Waals surface area contributed by atoms with Gasteiger partial charge in [-0.2, -0.15) is 18.2 Å². The summed E-state index contributed by atoms with van der Waals surface area (Å²) < 4.78 is 43.2. The Balaban J connectivity index is 1.42. The highest BCUT2D eigenvalue weighted by Crippen LogP contribution is 2.37. The summed E-state index contributed by atoms with van der Waals surface area (Å²) in [6.45, 7) is 3.67. The van der Waals surface area contributed by atoms with Crippen molar-refractivity contribution >= 4 is 44.6 Å². The number of nitrogens with one attached hydrogen (secondary N) is 1. The van der Waals surface area contributed by atoms with Crippen molar-refractivity contribution in [2.45, 2.75) is 24.3 Å². The first-order valence-corrected chi connectivity index (χ1v) is 12.9. The van der Waals surface area contributed by atoms with E-state index in [2.05, 4.69) is 35.2 Å². The van der Waals surface area contributed by atoms with Gasteiger partial charge >= 0.3 is 5.51 Å². The number of aromatic nitrogens is 6. The standard InChI is InChI=1S/C25H18F3N7O2S2/c1-12-6-15(16-7-13(2)30-11-20(16)37-3)17(9-29-12)22(36)35-24-34-21-23(38-24)33-19(10-32-21)18-5-4-14(8-31-18)39-25(26,27)28/h4-11H,1-3H3,(H,32,34,35,36). The zero-order valence-electron chi connectivity index (χ0n) is 20.6. The van der Waals surface area contributed by atoms with Crippen molar-refractivity contribution in [1.29, 1.82) is 0 Å². The third-order valence-electron chi connectivity index (χ3n) is 5.38. The van der Waals surface area contributed by atoms with E-state index in [0.717, 1.165) is 28.9 Å². The molecule has 0 saturated heterocycles. The van der Waals surface area contributed by atoms with E-state index in [-0.39, 0.29) is 21.8 Å². The Morgan fingerprint density at radius 2 is 1.67 bits per heavy atom. The van der Waals surface area contributed by atoms with Crippen LogP contribution in [0.2, 0.25) is 0 Å². The number of nitrogens with zero attached hydrogens (tertiary/aromatic N) is 6. The highest BCUT2D eigenvalue weighted by atomic mass is 32.2. The Morgan fingerprint density at radius 3 is 2.36 bits per heavy atom. The monoisotopic (exact) mass is 569 g/mol. The number of pyridine rings is 3. The number of rotatable bonds is 6. The summed E-state index contributed by atoms with van der Waals surface area (Å²) in [5.74, 6) is 0.0764. The fourth-order valence-electron chi connectivity index (χ4n) is 3.67. The Morgan fingerprint density at radius 1 is 0.923 bits per heavy atom. The maximum Gasteiger partial charge on any atom is 0.446 e. The molecule has 14 heteroatoms. The van der Waals surface area contributed by atoms with Gasteiger partial charge in [-0.15, -0.1) is 0 Å². The van der Waals surface area contributed by atoms with Crippen molar-refractivity contribution in [2.24, 2.45) is 0 Å². The molecule has 0 aliphatic carbocycles. The number of carbonyl (C=O) groups excluding carboxylic acids is 1. The zero-order valence-corrected chi connectivity index (χ0v) is 22.2. The normalized spacial score (nSPS) is 11.5. The lowest BCUT2D eigenvalue weighted by atomic mass is 9.99. The molecule has 0 unspecified atom stereocenters. The number of hydrogen-bond donors (Lipinski definition) is 1. The lowest BCUT2D eigenvalue weighted by Gasteiger charge is -2.13. The minimum atomic E-state index is -4.40. The third kappa shape index (κ3) is 5.96. The summed E-state index contributed by atoms with van der Waals surface area (Å²) >= 11 is 0.859. The SMILES string of the molecule is COc1cnc(C)cc1-c1cc(C)ncc1C(=O)Nc1nc2ncc(-c3ccc(SC(F)(F)F)cn3)nc2s1. The van der Waals surface area contributed by atoms with E-state index in [1.54, 1.807) is 12.3 Å². The molecule has 5 rings (SSSR count). The van der Waals surface area contributed by atoms with E-state index in [4.69, 9.17) is 4.74 Å². The number of amides is 1. The molecular formula is C25H18F3N7O2S2. The predicted molar refractivity (Wildman–Crippen MR) is 142 cm³/mol. The number of aryl methyl sites for hydroxylation is 2. The van der Waals surface area contributed by atoms with Gasteiger partial charge in [-0.25, -0.2) is 9.97 Å². The van der Waals surface area contributed by atoms with E-state index >= 15 is 0 Å². The van der Waals surface area contributed by atoms with Crippen LogP contribution >= 0.6 is 23.1 Å². The van der Waals surface area contributed by atoms with Crippen LogP contribution in [-0.4, -0.2) is 48.4 Å². The zero-order chi connectivity index (χ0) is 27.7. The molecule has 5 aromatic heterocycles. The molecule has 1 N–H and O–H groups in total. The summed E-state index contributed by atoms with van der Waals surface area (Å²) in [6, 6.07) is 6.39. The fraction of sp³-hybridized carbons (Fsp3) is 0.160. The van der Waals surface area contributed by atoms with Gasteiger partial charge in [-0.1, -0.05) is 11.3 Å². The molecule has 39 heavy (non-hydrogen) atoms. The molecule has 0 aliphatic heterocycles. The van der Waals surface area contributed by atoms with Gasteiger partial charge in [0.2, 0.25) is 0 Å². The van der Waals surface area contributed by atoms with Crippen LogP contribution in [0.1, 0.15) is 21.7 Å². The largest absolute Gasteiger partial charge is 0.494 e. The number of alkyl halides is 3. The van der Waals surface area contributed by atoms with E-state index < -0.39 is 11.4 Å². The van der Waals surface area contributed by atoms with Gasteiger partial charge in [0, 0.05) is 39.8 Å². The van der Waals surface area contributed by atoms with Crippen LogP contribution in [0.25, 0.3) is 33.0 Å². The Kier molecular flexibility index (Phi) is 7.14. The second-order valence-corrected chi connectivity index (χ2v) is 10.3. The fourth-order valence-corrected chi connectivity index (χ4v) is 4.97. The van der Waals surface area contributed by atoms with Crippen LogP contribution in [0, 0.1) is 13.8 Å². The van der Waals surface area contributed by atoms with Crippen molar-refractivity contribution < 1.29 is 22.7 Å². The first-order valence-electron chi connectivity index (χ1n) is 11.2. The molecule has 0 aliphatic rings. The topological polar surface area (TPSA) is 116 Å². The summed E-state index contributed by atoms with van der Waals surface area (Å²) in [4.78, 5) is 39.4. The molecular weight excluding hydrogens is 551 g/mol. The minimum Gasteiger partial charge on any atom is -0.494 e. The molecule has 0 fully saturated rings. The number of carbonyl (C=O) groups is 1. The van der Waals surface area contributed by atoms with Gasteiger partial charge in [0.1, 0.15) is 11.4 Å². The molecule has 198 valence electrons. The number of thiazole rings is 1. The van der Waals surface area contributed by atoms with E-state index in [9.17, 15) is 18.0 Å². The quantitative estimate of drug-likeness (QED) is 0.242. The van der Waals surface area contributed by atoms with Crippen molar-refractivity contribution in [1.82, 2.24) is 29.9 Å². The molecule has 0 aromatic carbocycles. The van der Waals surface area contributed by atoms with E-state index in [1.165, 1.54) is 31.6 Å². The molecule has 0 radical (unpaired) electrons. The maximum atomic E-state index is 13.3. The number of ether oxygens (including phenoxy) is 1. The Hall–Kier alpha value is -4.17. The first kappa shape index (κ1) is 26.4. The number of fused-ring (bicyclic) bond motifs is 1. The lowest BCUT2D eigenvalue weighted by Crippen LogP contribution is -2.14. The Bertz CT molecular complexity index is 1690. The van der Waals surface area contributed by atoms with Crippen molar-refractivity contribution in [3.8, 4) is 28.3 Å². The second kappa shape index (κ2) is 10.5. The second-order valence-electron chi connectivity index (χ2n) is 8.18. The van der Waals surface area contributed by atoms with Gasteiger partial charge in [0.05, 0.1) is 30.8 Å². The van der Waals surface area contributed by atoms with Crippen LogP contribution in [0.15, 0.2) is 53.9 Å². The maximum absolute atomic E-state index is 13.3. The van der Waals surface area contributed by atoms with Gasteiger partial charge in [0.25, 0.3) is 5.91 Å². The molecule has 5 aromatic rings. The number of halogens is 3. The molecule has 0 bridgehead atoms. The molecule has 5 heterocycles. The summed E-state index contributed by atoms with van der Waals surface area (Å²) in [6.07, 6.45) is 5.64. The van der Waals surface area contributed by atoms with Crippen molar-refractivity contribution in [3.63, 3.8) is 0 Å². The molecule has 0 spiro atoms. The molecule has 9 nitrogen and oxygen atoms in total. The third-order valence-corrected chi connectivity index (χ3v) is 6.94. The minimum absolute atomic E-state index is 0.0346. The van der Waals surface area contributed by atoms with E-state index in [1.807, 2.05) is 19.9 Å². The molecule has 0 saturated carbocycles. The average Bonchev–Trinajstić information content (AvgIpc) is 3.29. The highest BCUT2D eigenvalue weighted by Gasteiger charge is 2.29. The first-order chi connectivity index (χ1) is 18.6. The summed E-state index contributed by atoms with van der Waals surface area (Å²) in [5, 5.41) is 3.05. The van der Waals surface area contributed by atoms with Crippen LogP contribution < -0.4 is 10.1 Å². The Labute approximate surface area is 228 Å². The summed E-state index contributed by atoms with van der Waals surface area (Å²) in [7, 11) is 1.53. The van der Waals surface area contributed by atoms with Crippen LogP contribution in [0.3, 0.4) is 0 Å². The van der Waals surface area contributed by atoms with E-state index in [0.29, 0.717) is 44.3 Å². The number of methoxy groups -OCH3 is 1. The number of anilines is 1. The van der Waals surface area contributed by atoms with Crippen LogP contribution in [0.4, 0.5) is 18.3 Å². The van der Waals surface area contributed by atoms with Gasteiger partial charge < -0.3 is 4.74 Å². The smallest absolute Gasteiger partial charge is 0.446 e. The van der Waals surface area contributed by atoms with Crippen LogP contribution in [0.5, 0.6) is 5.75 Å². The van der Waals surface area contributed by atoms with Crippen LogP contribution in [-0.2, 0) is 0 Å². The lowest BCUT2D eigenvalue weighted by molar-refractivity contribution is -0.0328. The van der Waals surface area contributed by atoms with Crippen molar-refractivity contribution in [3.05, 3.63) is 66.0 Å². The summed E-state index contributed by atoms with van der Waals surface area (Å²) in [5.41, 5.74) is -0.269. The van der Waals surface area contributed by atoms with Crippen molar-refractivity contribution in [2.75, 3.05) is 12.4 Å². The predicted octanol–water partition coefficient (Wildman–Crippen LogP) is 6.09. The number of hydrogen-bond acceptors (Lipinski definition) is 10. The number of thioether (sulfide) groups is 1. The van der Waals surface area contributed by atoms with Gasteiger partial charge in [-0.3, -0.25) is 25.1 Å². The average molecular weight is 570 g/mol.